The summed E-state index contributed by atoms with van der Waals surface area (Å²) in [5.74, 6) is 0.750. The molecule has 0 radical (unpaired) electrons. The van der Waals surface area contributed by atoms with Gasteiger partial charge in [0.2, 0.25) is 0 Å². The first-order chi connectivity index (χ1) is 7.49. The molecule has 4 nitrogen and oxygen atoms in total. The number of piperidine rings is 1. The van der Waals surface area contributed by atoms with Gasteiger partial charge in [0.25, 0.3) is 0 Å². The second-order valence-corrected chi connectivity index (χ2v) is 5.48. The second kappa shape index (κ2) is 4.47. The molecule has 0 aliphatic carbocycles. The van der Waals surface area contributed by atoms with Gasteiger partial charge in [0, 0.05) is 13.1 Å². The van der Waals surface area contributed by atoms with E-state index < -0.39 is 5.60 Å². The molecule has 1 aromatic heterocycles. The molecule has 2 rings (SSSR count). The number of aromatic nitrogens is 2. The van der Waals surface area contributed by atoms with Crippen molar-refractivity contribution >= 4 is 33.3 Å². The van der Waals surface area contributed by atoms with Gasteiger partial charge in [-0.1, -0.05) is 11.6 Å². The number of halogens is 2. The van der Waals surface area contributed by atoms with Gasteiger partial charge in [-0.15, -0.1) is 0 Å². The Bertz CT molecular complexity index is 400. The van der Waals surface area contributed by atoms with Crippen LogP contribution in [0.2, 0.25) is 5.15 Å². The van der Waals surface area contributed by atoms with Crippen molar-refractivity contribution in [2.45, 2.75) is 25.4 Å². The number of aliphatic hydroxyl groups is 1. The SMILES string of the molecule is CC1(O)CCCN(c2ncnc(Cl)c2Br)C1. The third-order valence-electron chi connectivity index (χ3n) is 2.70. The Morgan fingerprint density at radius 1 is 1.56 bits per heavy atom. The summed E-state index contributed by atoms with van der Waals surface area (Å²) in [5.41, 5.74) is -0.658. The van der Waals surface area contributed by atoms with Crippen LogP contribution in [0, 0.1) is 0 Å². The fourth-order valence-electron chi connectivity index (χ4n) is 1.96. The standard InChI is InChI=1S/C10H13BrClN3O/c1-10(16)3-2-4-15(5-10)9-7(11)8(12)13-6-14-9/h6,16H,2-5H2,1H3. The van der Waals surface area contributed by atoms with Crippen LogP contribution in [0.25, 0.3) is 0 Å². The number of hydrogen-bond donors (Lipinski definition) is 1. The van der Waals surface area contributed by atoms with E-state index in [9.17, 15) is 5.11 Å². The molecule has 88 valence electrons. The van der Waals surface area contributed by atoms with Crippen molar-refractivity contribution in [3.8, 4) is 0 Å². The molecule has 16 heavy (non-hydrogen) atoms. The molecular weight excluding hydrogens is 293 g/mol. The summed E-state index contributed by atoms with van der Waals surface area (Å²) in [6.07, 6.45) is 3.20. The Morgan fingerprint density at radius 3 is 3.00 bits per heavy atom. The summed E-state index contributed by atoms with van der Waals surface area (Å²) < 4.78 is 0.689. The monoisotopic (exact) mass is 305 g/mol. The van der Waals surface area contributed by atoms with Crippen LogP contribution in [0.15, 0.2) is 10.8 Å². The number of β-amino-alcohol motifs (C(OH)–C–C–N with tert-alkyl or cyclic N) is 1. The zero-order valence-electron chi connectivity index (χ0n) is 8.95. The van der Waals surface area contributed by atoms with Gasteiger partial charge in [-0.2, -0.15) is 0 Å². The van der Waals surface area contributed by atoms with Crippen LogP contribution in [0.1, 0.15) is 19.8 Å². The van der Waals surface area contributed by atoms with E-state index in [1.807, 2.05) is 11.8 Å². The molecule has 0 saturated carbocycles. The van der Waals surface area contributed by atoms with Crippen LogP contribution < -0.4 is 4.90 Å². The van der Waals surface area contributed by atoms with Crippen LogP contribution in [0.5, 0.6) is 0 Å². The zero-order valence-corrected chi connectivity index (χ0v) is 11.3. The maximum absolute atomic E-state index is 10.0. The molecule has 1 unspecified atom stereocenters. The summed E-state index contributed by atoms with van der Waals surface area (Å²) in [6, 6.07) is 0. The van der Waals surface area contributed by atoms with Gasteiger partial charge in [-0.05, 0) is 35.7 Å². The first-order valence-electron chi connectivity index (χ1n) is 5.13. The van der Waals surface area contributed by atoms with Crippen LogP contribution in [0.3, 0.4) is 0 Å². The predicted molar refractivity (Wildman–Crippen MR) is 66.8 cm³/mol. The van der Waals surface area contributed by atoms with E-state index in [-0.39, 0.29) is 0 Å². The van der Waals surface area contributed by atoms with E-state index >= 15 is 0 Å². The summed E-state index contributed by atoms with van der Waals surface area (Å²) in [5, 5.41) is 10.4. The van der Waals surface area contributed by atoms with Gasteiger partial charge in [-0.3, -0.25) is 0 Å². The second-order valence-electron chi connectivity index (χ2n) is 4.32. The fraction of sp³-hybridized carbons (Fsp3) is 0.600. The lowest BCUT2D eigenvalue weighted by Crippen LogP contribution is -2.46. The molecule has 1 aliphatic heterocycles. The van der Waals surface area contributed by atoms with Gasteiger partial charge >= 0.3 is 0 Å². The van der Waals surface area contributed by atoms with Crippen molar-refractivity contribution in [3.05, 3.63) is 16.0 Å². The maximum Gasteiger partial charge on any atom is 0.148 e. The van der Waals surface area contributed by atoms with E-state index in [0.717, 1.165) is 25.2 Å². The maximum atomic E-state index is 10.0. The quantitative estimate of drug-likeness (QED) is 0.809. The molecule has 1 aliphatic rings. The van der Waals surface area contributed by atoms with Crippen LogP contribution in [-0.2, 0) is 0 Å². The molecular formula is C10H13BrClN3O. The lowest BCUT2D eigenvalue weighted by Gasteiger charge is -2.37. The average Bonchev–Trinajstić information content (AvgIpc) is 2.20. The molecule has 1 aromatic rings. The minimum atomic E-state index is -0.658. The van der Waals surface area contributed by atoms with Gasteiger partial charge < -0.3 is 10.0 Å². The largest absolute Gasteiger partial charge is 0.388 e. The topological polar surface area (TPSA) is 49.2 Å². The lowest BCUT2D eigenvalue weighted by atomic mass is 9.95. The third-order valence-corrected chi connectivity index (χ3v) is 3.95. The molecule has 0 amide bonds. The molecule has 2 heterocycles. The molecule has 6 heteroatoms. The number of rotatable bonds is 1. The molecule has 0 bridgehead atoms. The molecule has 1 saturated heterocycles. The summed E-state index contributed by atoms with van der Waals surface area (Å²) >= 11 is 9.29. The predicted octanol–water partition coefficient (Wildman–Crippen LogP) is 2.24. The van der Waals surface area contributed by atoms with Crippen molar-refractivity contribution in [1.82, 2.24) is 9.97 Å². The van der Waals surface area contributed by atoms with Crippen molar-refractivity contribution < 1.29 is 5.11 Å². The molecule has 1 N–H and O–H groups in total. The van der Waals surface area contributed by atoms with Crippen molar-refractivity contribution in [2.75, 3.05) is 18.0 Å². The highest BCUT2D eigenvalue weighted by molar-refractivity contribution is 9.10. The van der Waals surface area contributed by atoms with Crippen molar-refractivity contribution in [2.24, 2.45) is 0 Å². The normalized spacial score (nSPS) is 25.9. The first-order valence-corrected chi connectivity index (χ1v) is 6.30. The van der Waals surface area contributed by atoms with Crippen molar-refractivity contribution in [3.63, 3.8) is 0 Å². The Hall–Kier alpha value is -0.390. The van der Waals surface area contributed by atoms with E-state index in [0.29, 0.717) is 16.2 Å². The Kier molecular flexibility index (Phi) is 3.37. The fourth-order valence-corrected chi connectivity index (χ4v) is 2.54. The summed E-state index contributed by atoms with van der Waals surface area (Å²) in [6.45, 7) is 3.29. The molecule has 1 atom stereocenters. The number of anilines is 1. The minimum absolute atomic E-state index is 0.398. The molecule has 0 spiro atoms. The van der Waals surface area contributed by atoms with E-state index in [1.54, 1.807) is 0 Å². The number of nitrogens with zero attached hydrogens (tertiary/aromatic N) is 3. The highest BCUT2D eigenvalue weighted by Gasteiger charge is 2.30. The van der Waals surface area contributed by atoms with Crippen LogP contribution >= 0.6 is 27.5 Å². The lowest BCUT2D eigenvalue weighted by molar-refractivity contribution is 0.0446. The van der Waals surface area contributed by atoms with Crippen molar-refractivity contribution in [1.29, 1.82) is 0 Å². The molecule has 1 fully saturated rings. The Morgan fingerprint density at radius 2 is 2.31 bits per heavy atom. The Balaban J connectivity index is 2.27. The van der Waals surface area contributed by atoms with Crippen LogP contribution in [-0.4, -0.2) is 33.8 Å². The van der Waals surface area contributed by atoms with Gasteiger partial charge in [0.15, 0.2) is 0 Å². The van der Waals surface area contributed by atoms with E-state index in [1.165, 1.54) is 6.33 Å². The third kappa shape index (κ3) is 2.47. The highest BCUT2D eigenvalue weighted by Crippen LogP contribution is 2.32. The molecule has 0 aromatic carbocycles. The van der Waals surface area contributed by atoms with Crippen LogP contribution in [0.4, 0.5) is 5.82 Å². The van der Waals surface area contributed by atoms with Gasteiger partial charge in [0.1, 0.15) is 17.3 Å². The Labute approximate surface area is 108 Å². The van der Waals surface area contributed by atoms with Gasteiger partial charge in [0.05, 0.1) is 10.1 Å². The van der Waals surface area contributed by atoms with E-state index in [2.05, 4.69) is 25.9 Å². The summed E-state index contributed by atoms with van der Waals surface area (Å²) in [7, 11) is 0. The first kappa shape index (κ1) is 12.1. The minimum Gasteiger partial charge on any atom is -0.388 e. The average molecular weight is 307 g/mol. The smallest absolute Gasteiger partial charge is 0.148 e. The van der Waals surface area contributed by atoms with Gasteiger partial charge in [-0.25, -0.2) is 9.97 Å². The zero-order chi connectivity index (χ0) is 11.8. The highest BCUT2D eigenvalue weighted by atomic mass is 79.9. The summed E-state index contributed by atoms with van der Waals surface area (Å²) in [4.78, 5) is 10.1. The van der Waals surface area contributed by atoms with E-state index in [4.69, 9.17) is 11.6 Å². The number of hydrogen-bond acceptors (Lipinski definition) is 4.